The van der Waals surface area contributed by atoms with E-state index in [4.69, 9.17) is 30.5 Å². The Kier molecular flexibility index (Phi) is 7.61. The van der Waals surface area contributed by atoms with E-state index in [0.29, 0.717) is 34.4 Å². The number of methoxy groups -OCH3 is 3. The number of ether oxygens (including phenoxy) is 4. The average molecular weight is 394 g/mol. The molecule has 0 aromatic heterocycles. The molecule has 0 bridgehead atoms. The Bertz CT molecular complexity index is 781. The first kappa shape index (κ1) is 20.7. The fourth-order valence-corrected chi connectivity index (χ4v) is 2.81. The molecule has 2 rings (SSSR count). The maximum Gasteiger partial charge on any atom is 0.261 e. The molecule has 0 fully saturated rings. The standard InChI is InChI=1S/C20H24ClNO5/c1-5-16(27-15-8-6-7-14(21)11-15)20(23)22-12-13-9-10-17(24-2)19(26-4)18(13)25-3/h6-11,16H,5,12H2,1-4H3,(H,22,23)/t16-/m1/s1. The summed E-state index contributed by atoms with van der Waals surface area (Å²) in [6, 6.07) is 10.5. The minimum Gasteiger partial charge on any atom is -0.493 e. The largest absolute Gasteiger partial charge is 0.493 e. The number of nitrogens with one attached hydrogen (secondary N) is 1. The molecule has 2 aromatic carbocycles. The second-order valence-electron chi connectivity index (χ2n) is 5.68. The highest BCUT2D eigenvalue weighted by Gasteiger charge is 2.20. The third kappa shape index (κ3) is 5.20. The average Bonchev–Trinajstić information content (AvgIpc) is 2.69. The van der Waals surface area contributed by atoms with Crippen LogP contribution in [0.15, 0.2) is 36.4 Å². The van der Waals surface area contributed by atoms with Crippen molar-refractivity contribution >= 4 is 17.5 Å². The highest BCUT2D eigenvalue weighted by atomic mass is 35.5. The van der Waals surface area contributed by atoms with E-state index < -0.39 is 6.10 Å². The molecule has 146 valence electrons. The summed E-state index contributed by atoms with van der Waals surface area (Å²) < 4.78 is 21.8. The minimum absolute atomic E-state index is 0.227. The van der Waals surface area contributed by atoms with Crippen LogP contribution >= 0.6 is 11.6 Å². The topological polar surface area (TPSA) is 66.0 Å². The van der Waals surface area contributed by atoms with Gasteiger partial charge in [-0.05, 0) is 36.8 Å². The highest BCUT2D eigenvalue weighted by molar-refractivity contribution is 6.30. The molecule has 0 aliphatic carbocycles. The summed E-state index contributed by atoms with van der Waals surface area (Å²) in [5, 5.41) is 3.43. The molecule has 0 saturated heterocycles. The number of hydrogen-bond acceptors (Lipinski definition) is 5. The van der Waals surface area contributed by atoms with Gasteiger partial charge in [-0.1, -0.05) is 24.6 Å². The van der Waals surface area contributed by atoms with Gasteiger partial charge < -0.3 is 24.3 Å². The lowest BCUT2D eigenvalue weighted by Crippen LogP contribution is -2.37. The van der Waals surface area contributed by atoms with E-state index in [2.05, 4.69) is 5.32 Å². The Labute approximate surface area is 164 Å². The zero-order chi connectivity index (χ0) is 19.8. The highest BCUT2D eigenvalue weighted by Crippen LogP contribution is 2.39. The third-order valence-corrected chi connectivity index (χ3v) is 4.21. The van der Waals surface area contributed by atoms with Gasteiger partial charge in [0.15, 0.2) is 17.6 Å². The second-order valence-corrected chi connectivity index (χ2v) is 6.12. The number of carbonyl (C=O) groups is 1. The van der Waals surface area contributed by atoms with Gasteiger partial charge in [0.2, 0.25) is 5.75 Å². The number of hydrogen-bond donors (Lipinski definition) is 1. The van der Waals surface area contributed by atoms with Crippen LogP contribution in [-0.4, -0.2) is 33.3 Å². The van der Waals surface area contributed by atoms with Gasteiger partial charge in [0.25, 0.3) is 5.91 Å². The fourth-order valence-electron chi connectivity index (χ4n) is 2.63. The Morgan fingerprint density at radius 2 is 1.81 bits per heavy atom. The van der Waals surface area contributed by atoms with Gasteiger partial charge in [0, 0.05) is 17.1 Å². The van der Waals surface area contributed by atoms with E-state index in [1.807, 2.05) is 13.0 Å². The van der Waals surface area contributed by atoms with E-state index in [9.17, 15) is 4.79 Å². The lowest BCUT2D eigenvalue weighted by atomic mass is 10.1. The van der Waals surface area contributed by atoms with Crippen LogP contribution in [0.3, 0.4) is 0 Å². The fraction of sp³-hybridized carbons (Fsp3) is 0.350. The van der Waals surface area contributed by atoms with E-state index in [1.54, 1.807) is 44.6 Å². The third-order valence-electron chi connectivity index (χ3n) is 3.98. The first-order valence-electron chi connectivity index (χ1n) is 8.51. The molecule has 6 nitrogen and oxygen atoms in total. The van der Waals surface area contributed by atoms with Crippen LogP contribution in [0.5, 0.6) is 23.0 Å². The van der Waals surface area contributed by atoms with Crippen molar-refractivity contribution in [2.24, 2.45) is 0 Å². The molecule has 0 saturated carbocycles. The van der Waals surface area contributed by atoms with Crippen LogP contribution in [0.1, 0.15) is 18.9 Å². The molecule has 0 heterocycles. The van der Waals surface area contributed by atoms with Crippen molar-refractivity contribution in [3.8, 4) is 23.0 Å². The van der Waals surface area contributed by atoms with Crippen molar-refractivity contribution in [1.29, 1.82) is 0 Å². The maximum atomic E-state index is 12.5. The van der Waals surface area contributed by atoms with E-state index in [1.165, 1.54) is 7.11 Å². The van der Waals surface area contributed by atoms with Crippen LogP contribution in [0.2, 0.25) is 5.02 Å². The minimum atomic E-state index is -0.630. The summed E-state index contributed by atoms with van der Waals surface area (Å²) >= 11 is 5.96. The molecule has 0 spiro atoms. The molecule has 2 aromatic rings. The Balaban J connectivity index is 2.09. The van der Waals surface area contributed by atoms with Crippen molar-refractivity contribution < 1.29 is 23.7 Å². The second kappa shape index (κ2) is 9.92. The lowest BCUT2D eigenvalue weighted by molar-refractivity contribution is -0.128. The van der Waals surface area contributed by atoms with Gasteiger partial charge in [0.1, 0.15) is 5.75 Å². The quantitative estimate of drug-likeness (QED) is 0.701. The number of benzene rings is 2. The SMILES string of the molecule is CC[C@@H](Oc1cccc(Cl)c1)C(=O)NCc1ccc(OC)c(OC)c1OC. The Morgan fingerprint density at radius 1 is 1.07 bits per heavy atom. The maximum absolute atomic E-state index is 12.5. The molecule has 0 aliphatic rings. The van der Waals surface area contributed by atoms with Crippen LogP contribution in [0, 0.1) is 0 Å². The smallest absolute Gasteiger partial charge is 0.261 e. The lowest BCUT2D eigenvalue weighted by Gasteiger charge is -2.19. The van der Waals surface area contributed by atoms with Crippen LogP contribution in [0.4, 0.5) is 0 Å². The Hall–Kier alpha value is -2.60. The van der Waals surface area contributed by atoms with Crippen molar-refractivity contribution in [3.05, 3.63) is 47.0 Å². The first-order chi connectivity index (χ1) is 13.0. The van der Waals surface area contributed by atoms with Gasteiger partial charge in [0.05, 0.1) is 21.3 Å². The normalized spacial score (nSPS) is 11.4. The molecule has 1 amide bonds. The molecule has 1 atom stereocenters. The molecule has 0 aliphatic heterocycles. The van der Waals surface area contributed by atoms with Gasteiger partial charge in [-0.3, -0.25) is 4.79 Å². The first-order valence-corrected chi connectivity index (χ1v) is 8.89. The van der Waals surface area contributed by atoms with Crippen LogP contribution in [-0.2, 0) is 11.3 Å². The monoisotopic (exact) mass is 393 g/mol. The van der Waals surface area contributed by atoms with Gasteiger partial charge in [-0.15, -0.1) is 0 Å². The van der Waals surface area contributed by atoms with E-state index >= 15 is 0 Å². The Morgan fingerprint density at radius 3 is 2.41 bits per heavy atom. The van der Waals surface area contributed by atoms with Crippen molar-refractivity contribution in [1.82, 2.24) is 5.32 Å². The molecule has 7 heteroatoms. The van der Waals surface area contributed by atoms with Gasteiger partial charge in [-0.25, -0.2) is 0 Å². The van der Waals surface area contributed by atoms with E-state index in [-0.39, 0.29) is 12.5 Å². The zero-order valence-corrected chi connectivity index (χ0v) is 16.6. The predicted octanol–water partition coefficient (Wildman–Crippen LogP) is 3.84. The molecular weight excluding hydrogens is 370 g/mol. The predicted molar refractivity (Wildman–Crippen MR) is 104 cm³/mol. The number of halogens is 1. The summed E-state index contributed by atoms with van der Waals surface area (Å²) in [5.41, 5.74) is 0.765. The number of carbonyl (C=O) groups excluding carboxylic acids is 1. The summed E-state index contributed by atoms with van der Waals surface area (Å²) in [6.07, 6.45) is -0.115. The zero-order valence-electron chi connectivity index (χ0n) is 15.9. The van der Waals surface area contributed by atoms with Crippen molar-refractivity contribution in [2.45, 2.75) is 26.0 Å². The summed E-state index contributed by atoms with van der Waals surface area (Å²) in [5.74, 6) is 1.87. The van der Waals surface area contributed by atoms with Crippen molar-refractivity contribution in [3.63, 3.8) is 0 Å². The van der Waals surface area contributed by atoms with Gasteiger partial charge in [-0.2, -0.15) is 0 Å². The molecule has 0 unspecified atom stereocenters. The number of rotatable bonds is 9. The van der Waals surface area contributed by atoms with Crippen molar-refractivity contribution in [2.75, 3.05) is 21.3 Å². The summed E-state index contributed by atoms with van der Waals surface area (Å²) in [4.78, 5) is 12.5. The van der Waals surface area contributed by atoms with Gasteiger partial charge >= 0.3 is 0 Å². The number of amides is 1. The van der Waals surface area contributed by atoms with Crippen LogP contribution < -0.4 is 24.3 Å². The molecule has 1 N–H and O–H groups in total. The molecule has 0 radical (unpaired) electrons. The summed E-state index contributed by atoms with van der Waals surface area (Å²) in [6.45, 7) is 2.14. The van der Waals surface area contributed by atoms with Crippen LogP contribution in [0.25, 0.3) is 0 Å². The van der Waals surface area contributed by atoms with E-state index in [0.717, 1.165) is 5.56 Å². The molecular formula is C20H24ClNO5. The summed E-state index contributed by atoms with van der Waals surface area (Å²) in [7, 11) is 4.63. The molecule has 27 heavy (non-hydrogen) atoms.